The highest BCUT2D eigenvalue weighted by molar-refractivity contribution is 4.82. The number of hydrogen-bond donors (Lipinski definition) is 1. The Morgan fingerprint density at radius 2 is 1.80 bits per heavy atom. The first-order chi connectivity index (χ1) is 7.04. The van der Waals surface area contributed by atoms with Crippen molar-refractivity contribution in [3.05, 3.63) is 0 Å². The Morgan fingerprint density at radius 1 is 1.13 bits per heavy atom. The minimum absolute atomic E-state index is 0.305. The van der Waals surface area contributed by atoms with Crippen LogP contribution in [0.2, 0.25) is 0 Å². The molecule has 0 saturated heterocycles. The minimum atomic E-state index is 0.305. The molecule has 1 saturated carbocycles. The van der Waals surface area contributed by atoms with Gasteiger partial charge >= 0.3 is 0 Å². The maximum atomic E-state index is 5.34. The molecule has 0 aliphatic heterocycles. The molecule has 5 unspecified atom stereocenters. The van der Waals surface area contributed by atoms with Gasteiger partial charge in [0.05, 0.1) is 6.10 Å². The van der Waals surface area contributed by atoms with Crippen LogP contribution >= 0.6 is 0 Å². The van der Waals surface area contributed by atoms with Crippen molar-refractivity contribution in [2.45, 2.75) is 65.1 Å². The zero-order chi connectivity index (χ0) is 11.4. The van der Waals surface area contributed by atoms with E-state index in [-0.39, 0.29) is 0 Å². The van der Waals surface area contributed by atoms with Crippen molar-refractivity contribution in [1.29, 1.82) is 0 Å². The van der Waals surface area contributed by atoms with Gasteiger partial charge in [0.15, 0.2) is 0 Å². The predicted octanol–water partition coefficient (Wildman–Crippen LogP) is 2.82. The highest BCUT2D eigenvalue weighted by Crippen LogP contribution is 2.29. The SMILES string of the molecule is COC(C)C(C)NC1CCC(C)C(C)C1. The zero-order valence-electron chi connectivity index (χ0n) is 10.9. The maximum absolute atomic E-state index is 5.34. The molecule has 0 heterocycles. The third-order valence-corrected chi connectivity index (χ3v) is 4.17. The molecule has 0 bridgehead atoms. The van der Waals surface area contributed by atoms with Crippen LogP contribution in [0.15, 0.2) is 0 Å². The summed E-state index contributed by atoms with van der Waals surface area (Å²) in [6, 6.07) is 1.16. The predicted molar refractivity (Wildman–Crippen MR) is 65.0 cm³/mol. The zero-order valence-corrected chi connectivity index (χ0v) is 10.9. The molecule has 1 aliphatic carbocycles. The molecule has 2 heteroatoms. The Bertz CT molecular complexity index is 183. The van der Waals surface area contributed by atoms with Gasteiger partial charge in [-0.3, -0.25) is 0 Å². The van der Waals surface area contributed by atoms with Gasteiger partial charge in [-0.05, 0) is 44.9 Å². The molecule has 0 radical (unpaired) electrons. The van der Waals surface area contributed by atoms with E-state index in [1.54, 1.807) is 7.11 Å². The van der Waals surface area contributed by atoms with Crippen molar-refractivity contribution < 1.29 is 4.74 Å². The van der Waals surface area contributed by atoms with Crippen LogP contribution in [0.4, 0.5) is 0 Å². The summed E-state index contributed by atoms with van der Waals surface area (Å²) < 4.78 is 5.34. The molecule has 0 aromatic carbocycles. The molecule has 0 aromatic rings. The van der Waals surface area contributed by atoms with Crippen LogP contribution in [-0.4, -0.2) is 25.3 Å². The summed E-state index contributed by atoms with van der Waals surface area (Å²) in [5.41, 5.74) is 0. The topological polar surface area (TPSA) is 21.3 Å². The van der Waals surface area contributed by atoms with E-state index in [1.165, 1.54) is 19.3 Å². The Hall–Kier alpha value is -0.0800. The molecule has 5 atom stereocenters. The molecule has 0 spiro atoms. The first-order valence-electron chi connectivity index (χ1n) is 6.33. The van der Waals surface area contributed by atoms with Crippen LogP contribution in [-0.2, 0) is 4.74 Å². The van der Waals surface area contributed by atoms with Gasteiger partial charge in [0, 0.05) is 19.2 Å². The van der Waals surface area contributed by atoms with E-state index in [0.29, 0.717) is 18.2 Å². The van der Waals surface area contributed by atoms with E-state index < -0.39 is 0 Å². The molecule has 90 valence electrons. The van der Waals surface area contributed by atoms with E-state index in [2.05, 4.69) is 33.0 Å². The largest absolute Gasteiger partial charge is 0.380 e. The number of rotatable bonds is 4. The normalized spacial score (nSPS) is 36.2. The smallest absolute Gasteiger partial charge is 0.0693 e. The Labute approximate surface area is 94.8 Å². The Balaban J connectivity index is 2.33. The average Bonchev–Trinajstić information content (AvgIpc) is 2.22. The molecule has 1 N–H and O–H groups in total. The molecular formula is C13H27NO. The summed E-state index contributed by atoms with van der Waals surface area (Å²) in [5, 5.41) is 3.70. The molecule has 0 aromatic heterocycles. The Morgan fingerprint density at radius 3 is 2.33 bits per heavy atom. The second kappa shape index (κ2) is 5.86. The van der Waals surface area contributed by atoms with Gasteiger partial charge in [-0.2, -0.15) is 0 Å². The van der Waals surface area contributed by atoms with Crippen molar-refractivity contribution >= 4 is 0 Å². The molecule has 1 fully saturated rings. The summed E-state index contributed by atoms with van der Waals surface area (Å²) in [4.78, 5) is 0. The van der Waals surface area contributed by atoms with Gasteiger partial charge in [-0.15, -0.1) is 0 Å². The van der Waals surface area contributed by atoms with E-state index >= 15 is 0 Å². The molecule has 1 aliphatic rings. The lowest BCUT2D eigenvalue weighted by Gasteiger charge is -2.35. The average molecular weight is 213 g/mol. The quantitative estimate of drug-likeness (QED) is 0.775. The van der Waals surface area contributed by atoms with Crippen LogP contribution in [0.3, 0.4) is 0 Å². The lowest BCUT2D eigenvalue weighted by Crippen LogP contribution is -2.45. The lowest BCUT2D eigenvalue weighted by molar-refractivity contribution is 0.0780. The molecule has 2 nitrogen and oxygen atoms in total. The first kappa shape index (κ1) is 13.0. The van der Waals surface area contributed by atoms with Crippen LogP contribution in [0, 0.1) is 11.8 Å². The van der Waals surface area contributed by atoms with Crippen molar-refractivity contribution in [2.75, 3.05) is 7.11 Å². The van der Waals surface area contributed by atoms with Crippen molar-refractivity contribution in [2.24, 2.45) is 11.8 Å². The molecule has 1 rings (SSSR count). The van der Waals surface area contributed by atoms with Crippen LogP contribution < -0.4 is 5.32 Å². The van der Waals surface area contributed by atoms with Crippen LogP contribution in [0.1, 0.15) is 47.0 Å². The van der Waals surface area contributed by atoms with Crippen molar-refractivity contribution in [3.8, 4) is 0 Å². The third kappa shape index (κ3) is 3.76. The Kier molecular flexibility index (Phi) is 5.07. The first-order valence-corrected chi connectivity index (χ1v) is 6.33. The fourth-order valence-electron chi connectivity index (χ4n) is 2.41. The number of hydrogen-bond acceptors (Lipinski definition) is 2. The van der Waals surface area contributed by atoms with Gasteiger partial charge in [-0.25, -0.2) is 0 Å². The van der Waals surface area contributed by atoms with E-state index in [0.717, 1.165) is 11.8 Å². The van der Waals surface area contributed by atoms with E-state index in [9.17, 15) is 0 Å². The monoisotopic (exact) mass is 213 g/mol. The summed E-state index contributed by atoms with van der Waals surface area (Å²) in [6.07, 6.45) is 4.32. The lowest BCUT2D eigenvalue weighted by atomic mass is 9.79. The molecule has 15 heavy (non-hydrogen) atoms. The maximum Gasteiger partial charge on any atom is 0.0693 e. The highest BCUT2D eigenvalue weighted by Gasteiger charge is 2.26. The van der Waals surface area contributed by atoms with Crippen molar-refractivity contribution in [3.63, 3.8) is 0 Å². The van der Waals surface area contributed by atoms with E-state index in [4.69, 9.17) is 4.74 Å². The van der Waals surface area contributed by atoms with Crippen LogP contribution in [0.5, 0.6) is 0 Å². The fraction of sp³-hybridized carbons (Fsp3) is 1.00. The summed E-state index contributed by atoms with van der Waals surface area (Å²) in [6.45, 7) is 9.11. The van der Waals surface area contributed by atoms with Gasteiger partial charge < -0.3 is 10.1 Å². The molecular weight excluding hydrogens is 186 g/mol. The third-order valence-electron chi connectivity index (χ3n) is 4.17. The van der Waals surface area contributed by atoms with Gasteiger partial charge in [0.25, 0.3) is 0 Å². The van der Waals surface area contributed by atoms with Crippen molar-refractivity contribution in [1.82, 2.24) is 5.32 Å². The standard InChI is InChI=1S/C13H27NO/c1-9-6-7-13(8-10(9)2)14-11(3)12(4)15-5/h9-14H,6-8H2,1-5H3. The van der Waals surface area contributed by atoms with Crippen LogP contribution in [0.25, 0.3) is 0 Å². The minimum Gasteiger partial charge on any atom is -0.380 e. The number of ether oxygens (including phenoxy) is 1. The number of methoxy groups -OCH3 is 1. The fourth-order valence-corrected chi connectivity index (χ4v) is 2.41. The van der Waals surface area contributed by atoms with E-state index in [1.807, 2.05) is 0 Å². The van der Waals surface area contributed by atoms with Gasteiger partial charge in [0.1, 0.15) is 0 Å². The summed E-state index contributed by atoms with van der Waals surface area (Å²) >= 11 is 0. The highest BCUT2D eigenvalue weighted by atomic mass is 16.5. The summed E-state index contributed by atoms with van der Waals surface area (Å²) in [5.74, 6) is 1.76. The number of nitrogens with one attached hydrogen (secondary N) is 1. The summed E-state index contributed by atoms with van der Waals surface area (Å²) in [7, 11) is 1.79. The second-order valence-corrected chi connectivity index (χ2v) is 5.36. The second-order valence-electron chi connectivity index (χ2n) is 5.36. The van der Waals surface area contributed by atoms with Gasteiger partial charge in [0.2, 0.25) is 0 Å². The molecule has 0 amide bonds. The van der Waals surface area contributed by atoms with Gasteiger partial charge in [-0.1, -0.05) is 13.8 Å².